The van der Waals surface area contributed by atoms with Crippen molar-refractivity contribution in [3.05, 3.63) is 35.4 Å². The summed E-state index contributed by atoms with van der Waals surface area (Å²) in [7, 11) is 1.81. The van der Waals surface area contributed by atoms with Gasteiger partial charge in [0.2, 0.25) is 0 Å². The fraction of sp³-hybridized carbons (Fsp3) is 0.500. The second-order valence-corrected chi connectivity index (χ2v) is 4.46. The molecule has 110 valence electrons. The van der Waals surface area contributed by atoms with Gasteiger partial charge in [0, 0.05) is 38.4 Å². The number of hydrogen-bond donors (Lipinski definition) is 1. The van der Waals surface area contributed by atoms with E-state index in [2.05, 4.69) is 15.5 Å². The minimum Gasteiger partial charge on any atom is -0.307 e. The second kappa shape index (κ2) is 5.66. The number of hydrogen-bond acceptors (Lipinski definition) is 3. The summed E-state index contributed by atoms with van der Waals surface area (Å²) in [5, 5.41) is 11.0. The Labute approximate surface area is 114 Å². The molecular weight excluding hydrogens is 271 g/mol. The minimum atomic E-state index is -4.37. The van der Waals surface area contributed by atoms with E-state index in [0.717, 1.165) is 16.3 Å². The number of aryl methyl sites for hydroxylation is 2. The van der Waals surface area contributed by atoms with Crippen LogP contribution in [-0.4, -0.2) is 19.6 Å². The molecule has 5 nitrogen and oxygen atoms in total. The second-order valence-electron chi connectivity index (χ2n) is 4.46. The van der Waals surface area contributed by atoms with Gasteiger partial charge in [-0.2, -0.15) is 23.4 Å². The zero-order valence-corrected chi connectivity index (χ0v) is 11.3. The molecule has 0 atom stereocenters. The normalized spacial score (nSPS) is 12.1. The van der Waals surface area contributed by atoms with Crippen molar-refractivity contribution in [3.8, 4) is 0 Å². The van der Waals surface area contributed by atoms with E-state index in [9.17, 15) is 13.2 Å². The molecule has 0 amide bonds. The summed E-state index contributed by atoms with van der Waals surface area (Å²) in [5.74, 6) is 0. The third-order valence-electron chi connectivity index (χ3n) is 2.81. The molecule has 2 rings (SSSR count). The molecule has 0 radical (unpaired) electrons. The first-order chi connectivity index (χ1) is 9.40. The third kappa shape index (κ3) is 3.38. The Morgan fingerprint density at radius 1 is 1.30 bits per heavy atom. The van der Waals surface area contributed by atoms with Crippen molar-refractivity contribution in [2.75, 3.05) is 0 Å². The summed E-state index contributed by atoms with van der Waals surface area (Å²) in [6.07, 6.45) is -0.817. The zero-order valence-electron chi connectivity index (χ0n) is 11.3. The molecule has 1 N–H and O–H groups in total. The first-order valence-electron chi connectivity index (χ1n) is 6.22. The van der Waals surface area contributed by atoms with E-state index >= 15 is 0 Å². The first kappa shape index (κ1) is 14.6. The molecule has 20 heavy (non-hydrogen) atoms. The van der Waals surface area contributed by atoms with Crippen molar-refractivity contribution < 1.29 is 13.2 Å². The Balaban J connectivity index is 1.98. The average Bonchev–Trinajstić information content (AvgIpc) is 2.95. The van der Waals surface area contributed by atoms with Gasteiger partial charge in [-0.25, -0.2) is 0 Å². The third-order valence-corrected chi connectivity index (χ3v) is 2.81. The van der Waals surface area contributed by atoms with Gasteiger partial charge in [0.15, 0.2) is 0 Å². The number of nitrogens with zero attached hydrogens (tertiary/aromatic N) is 4. The van der Waals surface area contributed by atoms with Crippen LogP contribution in [0.25, 0.3) is 0 Å². The zero-order chi connectivity index (χ0) is 14.8. The molecule has 0 spiro atoms. The van der Waals surface area contributed by atoms with Crippen molar-refractivity contribution in [1.82, 2.24) is 24.9 Å². The van der Waals surface area contributed by atoms with Crippen LogP contribution < -0.4 is 5.32 Å². The van der Waals surface area contributed by atoms with E-state index in [1.165, 1.54) is 0 Å². The standard InChI is InChI=1S/C12H16F3N5/c1-3-20-11(12(13,14)15)4-10(18-20)7-16-5-9-6-17-19(2)8-9/h4,6,8,16H,3,5,7H2,1-2H3. The number of halogens is 3. The van der Waals surface area contributed by atoms with Crippen LogP contribution in [0.1, 0.15) is 23.9 Å². The lowest BCUT2D eigenvalue weighted by Gasteiger charge is -2.07. The van der Waals surface area contributed by atoms with Gasteiger partial charge in [-0.3, -0.25) is 9.36 Å². The monoisotopic (exact) mass is 287 g/mol. The van der Waals surface area contributed by atoms with Gasteiger partial charge in [-0.05, 0) is 13.0 Å². The molecule has 2 aromatic rings. The number of aromatic nitrogens is 4. The van der Waals surface area contributed by atoms with E-state index in [1.54, 1.807) is 17.8 Å². The summed E-state index contributed by atoms with van der Waals surface area (Å²) in [4.78, 5) is 0. The van der Waals surface area contributed by atoms with Gasteiger partial charge in [0.05, 0.1) is 11.9 Å². The summed E-state index contributed by atoms with van der Waals surface area (Å²) in [5.41, 5.74) is 0.639. The Hall–Kier alpha value is -1.83. The molecule has 0 bridgehead atoms. The maximum Gasteiger partial charge on any atom is 0.433 e. The van der Waals surface area contributed by atoms with Crippen LogP contribution in [0.4, 0.5) is 13.2 Å². The Kier molecular flexibility index (Phi) is 4.12. The van der Waals surface area contributed by atoms with Gasteiger partial charge in [-0.15, -0.1) is 0 Å². The highest BCUT2D eigenvalue weighted by atomic mass is 19.4. The molecule has 0 aliphatic carbocycles. The summed E-state index contributed by atoms with van der Waals surface area (Å²) >= 11 is 0. The van der Waals surface area contributed by atoms with Crippen LogP contribution in [0, 0.1) is 0 Å². The van der Waals surface area contributed by atoms with Gasteiger partial charge in [-0.1, -0.05) is 0 Å². The maximum atomic E-state index is 12.7. The highest BCUT2D eigenvalue weighted by Crippen LogP contribution is 2.29. The Bertz CT molecular complexity index is 570. The van der Waals surface area contributed by atoms with Crippen LogP contribution in [-0.2, 0) is 32.9 Å². The summed E-state index contributed by atoms with van der Waals surface area (Å²) in [6.45, 7) is 2.64. The Morgan fingerprint density at radius 2 is 2.05 bits per heavy atom. The molecule has 0 unspecified atom stereocenters. The van der Waals surface area contributed by atoms with Crippen LogP contribution in [0.2, 0.25) is 0 Å². The van der Waals surface area contributed by atoms with E-state index in [1.807, 2.05) is 13.2 Å². The van der Waals surface area contributed by atoms with E-state index in [4.69, 9.17) is 0 Å². The molecular formula is C12H16F3N5. The van der Waals surface area contributed by atoms with Crippen LogP contribution >= 0.6 is 0 Å². The molecule has 0 saturated heterocycles. The highest BCUT2D eigenvalue weighted by Gasteiger charge is 2.35. The summed E-state index contributed by atoms with van der Waals surface area (Å²) in [6, 6.07) is 1.08. The lowest BCUT2D eigenvalue weighted by atomic mass is 10.3. The van der Waals surface area contributed by atoms with Gasteiger partial charge < -0.3 is 5.32 Å². The number of nitrogens with one attached hydrogen (secondary N) is 1. The SMILES string of the molecule is CCn1nc(CNCc2cnn(C)c2)cc1C(F)(F)F. The smallest absolute Gasteiger partial charge is 0.307 e. The maximum absolute atomic E-state index is 12.7. The van der Waals surface area contributed by atoms with Gasteiger partial charge >= 0.3 is 6.18 Å². The minimum absolute atomic E-state index is 0.192. The number of rotatable bonds is 5. The molecule has 2 aromatic heterocycles. The largest absolute Gasteiger partial charge is 0.433 e. The van der Waals surface area contributed by atoms with E-state index in [-0.39, 0.29) is 13.1 Å². The number of alkyl halides is 3. The first-order valence-corrected chi connectivity index (χ1v) is 6.22. The van der Waals surface area contributed by atoms with Crippen molar-refractivity contribution in [3.63, 3.8) is 0 Å². The lowest BCUT2D eigenvalue weighted by Crippen LogP contribution is -2.14. The quantitative estimate of drug-likeness (QED) is 0.914. The average molecular weight is 287 g/mol. The Morgan fingerprint density at radius 3 is 2.55 bits per heavy atom. The molecule has 2 heterocycles. The molecule has 0 aliphatic rings. The van der Waals surface area contributed by atoms with Crippen molar-refractivity contribution in [1.29, 1.82) is 0 Å². The lowest BCUT2D eigenvalue weighted by molar-refractivity contribution is -0.144. The van der Waals surface area contributed by atoms with Crippen molar-refractivity contribution >= 4 is 0 Å². The van der Waals surface area contributed by atoms with Gasteiger partial charge in [0.1, 0.15) is 5.69 Å². The van der Waals surface area contributed by atoms with Crippen molar-refractivity contribution in [2.45, 2.75) is 32.7 Å². The van der Waals surface area contributed by atoms with E-state index in [0.29, 0.717) is 12.2 Å². The fourth-order valence-corrected chi connectivity index (χ4v) is 1.92. The highest BCUT2D eigenvalue weighted by molar-refractivity contribution is 5.14. The van der Waals surface area contributed by atoms with E-state index < -0.39 is 11.9 Å². The molecule has 0 saturated carbocycles. The molecule has 0 fully saturated rings. The molecule has 0 aromatic carbocycles. The predicted octanol–water partition coefficient (Wildman–Crippen LogP) is 1.95. The van der Waals surface area contributed by atoms with Crippen LogP contribution in [0.3, 0.4) is 0 Å². The van der Waals surface area contributed by atoms with Gasteiger partial charge in [0.25, 0.3) is 0 Å². The van der Waals surface area contributed by atoms with Crippen LogP contribution in [0.15, 0.2) is 18.5 Å². The molecule has 8 heteroatoms. The van der Waals surface area contributed by atoms with Crippen LogP contribution in [0.5, 0.6) is 0 Å². The topological polar surface area (TPSA) is 47.7 Å². The predicted molar refractivity (Wildman–Crippen MR) is 66.7 cm³/mol. The van der Waals surface area contributed by atoms with Crippen molar-refractivity contribution in [2.24, 2.45) is 7.05 Å². The fourth-order valence-electron chi connectivity index (χ4n) is 1.92. The molecule has 0 aliphatic heterocycles. The summed E-state index contributed by atoms with van der Waals surface area (Å²) < 4.78 is 40.9.